The molecule has 0 bridgehead atoms. The van der Waals surface area contributed by atoms with Gasteiger partial charge >= 0.3 is 0 Å². The van der Waals surface area contributed by atoms with E-state index in [2.05, 4.69) is 0 Å². The second-order valence-corrected chi connectivity index (χ2v) is 4.94. The van der Waals surface area contributed by atoms with E-state index in [-0.39, 0.29) is 0 Å². The van der Waals surface area contributed by atoms with Crippen molar-refractivity contribution < 1.29 is 4.74 Å². The fourth-order valence-corrected chi connectivity index (χ4v) is 2.16. The lowest BCUT2D eigenvalue weighted by Crippen LogP contribution is -1.90. The Labute approximate surface area is 117 Å². The molecular formula is C15H14Cl2O. The van der Waals surface area contributed by atoms with Crippen molar-refractivity contribution in [3.05, 3.63) is 58.1 Å². The Balaban J connectivity index is 2.28. The summed E-state index contributed by atoms with van der Waals surface area (Å²) < 4.78 is 5.82. The van der Waals surface area contributed by atoms with E-state index in [0.717, 1.165) is 22.4 Å². The second-order valence-electron chi connectivity index (χ2n) is 4.27. The number of ether oxygens (including phenoxy) is 1. The molecule has 2 rings (SSSR count). The van der Waals surface area contributed by atoms with Gasteiger partial charge in [0, 0.05) is 5.88 Å². The molecule has 0 saturated carbocycles. The number of alkyl halides is 1. The van der Waals surface area contributed by atoms with Crippen LogP contribution in [-0.4, -0.2) is 0 Å². The fraction of sp³-hybridized carbons (Fsp3) is 0.200. The molecule has 2 aromatic carbocycles. The molecule has 0 saturated heterocycles. The fourth-order valence-electron chi connectivity index (χ4n) is 1.72. The molecule has 1 nitrogen and oxygen atoms in total. The van der Waals surface area contributed by atoms with Gasteiger partial charge in [0.15, 0.2) is 0 Å². The van der Waals surface area contributed by atoms with Crippen molar-refractivity contribution in [2.24, 2.45) is 0 Å². The maximum absolute atomic E-state index is 6.14. The van der Waals surface area contributed by atoms with Crippen LogP contribution in [0.25, 0.3) is 0 Å². The van der Waals surface area contributed by atoms with Gasteiger partial charge in [-0.05, 0) is 48.7 Å². The predicted octanol–water partition coefficient (Wildman–Crippen LogP) is 5.49. The van der Waals surface area contributed by atoms with Crippen molar-refractivity contribution in [3.63, 3.8) is 0 Å². The summed E-state index contributed by atoms with van der Waals surface area (Å²) in [4.78, 5) is 0. The molecule has 0 heterocycles. The first-order valence-electron chi connectivity index (χ1n) is 5.69. The molecule has 0 amide bonds. The van der Waals surface area contributed by atoms with Crippen LogP contribution >= 0.6 is 23.2 Å². The Morgan fingerprint density at radius 2 is 1.72 bits per heavy atom. The van der Waals surface area contributed by atoms with Crippen LogP contribution < -0.4 is 4.74 Å². The van der Waals surface area contributed by atoms with E-state index in [1.54, 1.807) is 0 Å². The van der Waals surface area contributed by atoms with Gasteiger partial charge in [-0.25, -0.2) is 0 Å². The minimum absolute atomic E-state index is 0.506. The highest BCUT2D eigenvalue weighted by molar-refractivity contribution is 6.32. The first-order valence-corrected chi connectivity index (χ1v) is 6.61. The van der Waals surface area contributed by atoms with Crippen molar-refractivity contribution in [1.82, 2.24) is 0 Å². The summed E-state index contributed by atoms with van der Waals surface area (Å²) in [5.74, 6) is 1.98. The van der Waals surface area contributed by atoms with Gasteiger partial charge in [0.25, 0.3) is 0 Å². The third-order valence-electron chi connectivity index (χ3n) is 2.70. The van der Waals surface area contributed by atoms with E-state index in [1.165, 1.54) is 0 Å². The lowest BCUT2D eigenvalue weighted by atomic mass is 10.1. The smallest absolute Gasteiger partial charge is 0.146 e. The number of benzene rings is 2. The average Bonchev–Trinajstić information content (AvgIpc) is 2.34. The molecule has 94 valence electrons. The van der Waals surface area contributed by atoms with Crippen molar-refractivity contribution >= 4 is 23.2 Å². The topological polar surface area (TPSA) is 9.23 Å². The zero-order chi connectivity index (χ0) is 13.1. The van der Waals surface area contributed by atoms with Crippen molar-refractivity contribution in [1.29, 1.82) is 0 Å². The van der Waals surface area contributed by atoms with Gasteiger partial charge in [-0.2, -0.15) is 0 Å². The molecule has 18 heavy (non-hydrogen) atoms. The highest BCUT2D eigenvalue weighted by Crippen LogP contribution is 2.32. The van der Waals surface area contributed by atoms with Gasteiger partial charge in [-0.1, -0.05) is 29.8 Å². The highest BCUT2D eigenvalue weighted by Gasteiger charge is 2.06. The third kappa shape index (κ3) is 2.98. The first-order chi connectivity index (χ1) is 8.60. The summed E-state index contributed by atoms with van der Waals surface area (Å²) in [6.07, 6.45) is 0. The lowest BCUT2D eigenvalue weighted by molar-refractivity contribution is 0.479. The minimum atomic E-state index is 0.506. The first kappa shape index (κ1) is 13.3. The Morgan fingerprint density at radius 1 is 1.00 bits per heavy atom. The van der Waals surface area contributed by atoms with Gasteiger partial charge < -0.3 is 4.74 Å². The number of aryl methyl sites for hydroxylation is 2. The molecule has 2 aromatic rings. The molecule has 0 atom stereocenters. The molecule has 0 aliphatic rings. The molecular weight excluding hydrogens is 267 g/mol. The Morgan fingerprint density at radius 3 is 2.33 bits per heavy atom. The van der Waals surface area contributed by atoms with Crippen molar-refractivity contribution in [2.45, 2.75) is 19.7 Å². The van der Waals surface area contributed by atoms with Crippen LogP contribution in [0.2, 0.25) is 5.02 Å². The van der Waals surface area contributed by atoms with Crippen LogP contribution in [0.3, 0.4) is 0 Å². The van der Waals surface area contributed by atoms with Crippen LogP contribution in [0.5, 0.6) is 11.5 Å². The number of hydrogen-bond donors (Lipinski definition) is 0. The SMILES string of the molecule is Cc1ccc(Oc2ccc(CCl)cc2C)c(Cl)c1. The molecule has 0 fully saturated rings. The Bertz CT molecular complexity index is 564. The zero-order valence-corrected chi connectivity index (χ0v) is 11.8. The third-order valence-corrected chi connectivity index (χ3v) is 3.30. The number of rotatable bonds is 3. The van der Waals surface area contributed by atoms with E-state index in [0.29, 0.717) is 16.7 Å². The molecule has 0 unspecified atom stereocenters. The van der Waals surface area contributed by atoms with E-state index >= 15 is 0 Å². The van der Waals surface area contributed by atoms with Crippen LogP contribution in [-0.2, 0) is 5.88 Å². The van der Waals surface area contributed by atoms with Gasteiger partial charge in [0.2, 0.25) is 0 Å². The van der Waals surface area contributed by atoms with Crippen molar-refractivity contribution in [3.8, 4) is 11.5 Å². The van der Waals surface area contributed by atoms with E-state index in [1.807, 2.05) is 50.2 Å². The van der Waals surface area contributed by atoms with Crippen LogP contribution in [0.4, 0.5) is 0 Å². The summed E-state index contributed by atoms with van der Waals surface area (Å²) in [7, 11) is 0. The lowest BCUT2D eigenvalue weighted by Gasteiger charge is -2.11. The van der Waals surface area contributed by atoms with Crippen molar-refractivity contribution in [2.75, 3.05) is 0 Å². The molecule has 0 aromatic heterocycles. The minimum Gasteiger partial charge on any atom is -0.456 e. The summed E-state index contributed by atoms with van der Waals surface area (Å²) in [6.45, 7) is 3.99. The molecule has 3 heteroatoms. The second kappa shape index (κ2) is 5.64. The molecule has 0 aliphatic heterocycles. The Hall–Kier alpha value is -1.18. The van der Waals surface area contributed by atoms with E-state index in [9.17, 15) is 0 Å². The number of halogens is 2. The molecule has 0 N–H and O–H groups in total. The average molecular weight is 281 g/mol. The van der Waals surface area contributed by atoms with Gasteiger partial charge in [0.1, 0.15) is 11.5 Å². The zero-order valence-electron chi connectivity index (χ0n) is 10.3. The highest BCUT2D eigenvalue weighted by atomic mass is 35.5. The number of hydrogen-bond acceptors (Lipinski definition) is 1. The van der Waals surface area contributed by atoms with E-state index < -0.39 is 0 Å². The molecule has 0 spiro atoms. The summed E-state index contributed by atoms with van der Waals surface area (Å²) in [5, 5.41) is 0.621. The largest absolute Gasteiger partial charge is 0.456 e. The maximum atomic E-state index is 6.14. The van der Waals surface area contributed by atoms with Gasteiger partial charge in [-0.3, -0.25) is 0 Å². The summed E-state index contributed by atoms with van der Waals surface area (Å²) >= 11 is 11.9. The summed E-state index contributed by atoms with van der Waals surface area (Å²) in [6, 6.07) is 11.6. The van der Waals surface area contributed by atoms with Gasteiger partial charge in [0.05, 0.1) is 5.02 Å². The van der Waals surface area contributed by atoms with Crippen LogP contribution in [0, 0.1) is 13.8 Å². The molecule has 0 radical (unpaired) electrons. The predicted molar refractivity (Wildman–Crippen MR) is 77.0 cm³/mol. The molecule has 0 aliphatic carbocycles. The van der Waals surface area contributed by atoms with Crippen LogP contribution in [0.1, 0.15) is 16.7 Å². The maximum Gasteiger partial charge on any atom is 0.146 e. The van der Waals surface area contributed by atoms with E-state index in [4.69, 9.17) is 27.9 Å². The summed E-state index contributed by atoms with van der Waals surface area (Å²) in [5.41, 5.74) is 3.24. The standard InChI is InChI=1S/C15H14Cl2O/c1-10-3-5-15(13(17)7-10)18-14-6-4-12(9-16)8-11(14)2/h3-8H,9H2,1-2H3. The Kier molecular flexibility index (Phi) is 4.15. The quantitative estimate of drug-likeness (QED) is 0.676. The van der Waals surface area contributed by atoms with Crippen LogP contribution in [0.15, 0.2) is 36.4 Å². The normalized spacial score (nSPS) is 10.4. The monoisotopic (exact) mass is 280 g/mol. The van der Waals surface area contributed by atoms with Gasteiger partial charge in [-0.15, -0.1) is 11.6 Å².